The standard InChI is InChI=1S/C17H17N5O/c1-13(14-7-3-2-4-8-14)11-18-20-17(23)12-22-16-10-6-5-9-15(16)19-21-22/h2-11,13H,12H2,1H3,(H,20,23)/b18-11-/t13-/m0/s1. The van der Waals surface area contributed by atoms with E-state index in [1.54, 1.807) is 10.9 Å². The molecule has 0 saturated heterocycles. The molecule has 1 heterocycles. The maximum Gasteiger partial charge on any atom is 0.261 e. The summed E-state index contributed by atoms with van der Waals surface area (Å²) in [6.45, 7) is 2.10. The Morgan fingerprint density at radius 1 is 1.22 bits per heavy atom. The van der Waals surface area contributed by atoms with Gasteiger partial charge in [-0.25, -0.2) is 10.1 Å². The molecule has 6 nitrogen and oxygen atoms in total. The number of fused-ring (bicyclic) bond motifs is 1. The third-order valence-electron chi connectivity index (χ3n) is 3.53. The molecule has 1 aromatic heterocycles. The number of hydrazone groups is 1. The van der Waals surface area contributed by atoms with Gasteiger partial charge in [0.05, 0.1) is 5.52 Å². The molecule has 1 N–H and O–H groups in total. The fraction of sp³-hybridized carbons (Fsp3) is 0.176. The van der Waals surface area contributed by atoms with Gasteiger partial charge in [0.1, 0.15) is 12.1 Å². The summed E-state index contributed by atoms with van der Waals surface area (Å²) in [5.41, 5.74) is 5.26. The van der Waals surface area contributed by atoms with Crippen LogP contribution in [-0.2, 0) is 11.3 Å². The highest BCUT2D eigenvalue weighted by atomic mass is 16.2. The summed E-state index contributed by atoms with van der Waals surface area (Å²) in [4.78, 5) is 12.0. The second kappa shape index (κ2) is 6.83. The topological polar surface area (TPSA) is 72.2 Å². The van der Waals surface area contributed by atoms with Gasteiger partial charge in [-0.1, -0.05) is 54.6 Å². The Morgan fingerprint density at radius 3 is 2.78 bits per heavy atom. The van der Waals surface area contributed by atoms with Crippen LogP contribution in [0.15, 0.2) is 59.7 Å². The zero-order valence-corrected chi connectivity index (χ0v) is 12.8. The largest absolute Gasteiger partial charge is 0.271 e. The zero-order valence-electron chi connectivity index (χ0n) is 12.8. The van der Waals surface area contributed by atoms with Crippen molar-refractivity contribution in [2.45, 2.75) is 19.4 Å². The molecule has 0 spiro atoms. The first kappa shape index (κ1) is 14.9. The van der Waals surface area contributed by atoms with E-state index in [9.17, 15) is 4.79 Å². The molecular formula is C17H17N5O. The van der Waals surface area contributed by atoms with Crippen LogP contribution >= 0.6 is 0 Å². The molecule has 0 bridgehead atoms. The van der Waals surface area contributed by atoms with Crippen molar-refractivity contribution < 1.29 is 4.79 Å². The van der Waals surface area contributed by atoms with Crippen molar-refractivity contribution in [2.75, 3.05) is 0 Å². The highest BCUT2D eigenvalue weighted by Crippen LogP contribution is 2.11. The van der Waals surface area contributed by atoms with E-state index in [1.165, 1.54) is 0 Å². The number of aromatic nitrogens is 3. The van der Waals surface area contributed by atoms with Crippen LogP contribution < -0.4 is 5.43 Å². The Balaban J connectivity index is 1.58. The fourth-order valence-electron chi connectivity index (χ4n) is 2.27. The van der Waals surface area contributed by atoms with Crippen molar-refractivity contribution >= 4 is 23.2 Å². The Bertz CT molecular complexity index is 825. The summed E-state index contributed by atoms with van der Waals surface area (Å²) in [5.74, 6) is -0.110. The van der Waals surface area contributed by atoms with Gasteiger partial charge in [0.25, 0.3) is 5.91 Å². The number of benzene rings is 2. The molecular weight excluding hydrogens is 290 g/mol. The van der Waals surface area contributed by atoms with Crippen LogP contribution in [0.2, 0.25) is 0 Å². The van der Waals surface area contributed by atoms with Gasteiger partial charge in [-0.05, 0) is 17.7 Å². The van der Waals surface area contributed by atoms with Gasteiger partial charge in [0.2, 0.25) is 0 Å². The fourth-order valence-corrected chi connectivity index (χ4v) is 2.27. The molecule has 3 rings (SSSR count). The molecule has 0 fully saturated rings. The molecule has 0 unspecified atom stereocenters. The van der Waals surface area contributed by atoms with Gasteiger partial charge in [-0.15, -0.1) is 5.10 Å². The number of carbonyl (C=O) groups is 1. The van der Waals surface area contributed by atoms with Crippen molar-refractivity contribution in [3.63, 3.8) is 0 Å². The summed E-state index contributed by atoms with van der Waals surface area (Å²) < 4.78 is 1.56. The minimum Gasteiger partial charge on any atom is -0.271 e. The number of nitrogens with one attached hydrogen (secondary N) is 1. The van der Waals surface area contributed by atoms with Gasteiger partial charge in [0.15, 0.2) is 0 Å². The van der Waals surface area contributed by atoms with Gasteiger partial charge in [-0.2, -0.15) is 5.10 Å². The van der Waals surface area contributed by atoms with E-state index in [-0.39, 0.29) is 18.4 Å². The quantitative estimate of drug-likeness (QED) is 0.581. The summed E-state index contributed by atoms with van der Waals surface area (Å²) in [6, 6.07) is 17.5. The molecule has 0 aliphatic heterocycles. The van der Waals surface area contributed by atoms with Crippen LogP contribution in [-0.4, -0.2) is 27.1 Å². The smallest absolute Gasteiger partial charge is 0.261 e. The van der Waals surface area contributed by atoms with Crippen LogP contribution in [0.4, 0.5) is 0 Å². The lowest BCUT2D eigenvalue weighted by molar-refractivity contribution is -0.121. The summed E-state index contributed by atoms with van der Waals surface area (Å²) in [6.07, 6.45) is 1.71. The number of nitrogens with zero attached hydrogens (tertiary/aromatic N) is 4. The number of para-hydroxylation sites is 1. The molecule has 6 heteroatoms. The van der Waals surface area contributed by atoms with Gasteiger partial charge in [0, 0.05) is 12.1 Å². The number of carbonyl (C=O) groups excluding carboxylic acids is 1. The average Bonchev–Trinajstić information content (AvgIpc) is 2.99. The van der Waals surface area contributed by atoms with Crippen molar-refractivity contribution in [1.29, 1.82) is 0 Å². The van der Waals surface area contributed by atoms with Gasteiger partial charge in [-0.3, -0.25) is 4.79 Å². The molecule has 0 aliphatic rings. The van der Waals surface area contributed by atoms with Crippen molar-refractivity contribution in [3.05, 3.63) is 60.2 Å². The van der Waals surface area contributed by atoms with E-state index in [1.807, 2.05) is 61.5 Å². The Labute approximate surface area is 133 Å². The normalized spacial score (nSPS) is 12.6. The lowest BCUT2D eigenvalue weighted by atomic mass is 10.0. The number of rotatable bonds is 5. The third-order valence-corrected chi connectivity index (χ3v) is 3.53. The molecule has 3 aromatic rings. The number of hydrogen-bond donors (Lipinski definition) is 1. The molecule has 0 radical (unpaired) electrons. The van der Waals surface area contributed by atoms with E-state index in [0.29, 0.717) is 0 Å². The molecule has 116 valence electrons. The van der Waals surface area contributed by atoms with Gasteiger partial charge < -0.3 is 0 Å². The van der Waals surface area contributed by atoms with E-state index in [2.05, 4.69) is 20.8 Å². The molecule has 1 amide bonds. The lowest BCUT2D eigenvalue weighted by Gasteiger charge is -2.05. The second-order valence-corrected chi connectivity index (χ2v) is 5.25. The van der Waals surface area contributed by atoms with Crippen LogP contribution in [0.1, 0.15) is 18.4 Å². The Hall–Kier alpha value is -3.02. The monoisotopic (exact) mass is 307 g/mol. The average molecular weight is 307 g/mol. The zero-order chi connectivity index (χ0) is 16.1. The molecule has 2 aromatic carbocycles. The molecule has 0 saturated carbocycles. The van der Waals surface area contributed by atoms with Crippen LogP contribution in [0, 0.1) is 0 Å². The van der Waals surface area contributed by atoms with Crippen LogP contribution in [0.25, 0.3) is 11.0 Å². The van der Waals surface area contributed by atoms with E-state index in [4.69, 9.17) is 0 Å². The van der Waals surface area contributed by atoms with E-state index >= 15 is 0 Å². The van der Waals surface area contributed by atoms with Crippen molar-refractivity contribution in [2.24, 2.45) is 5.10 Å². The SMILES string of the molecule is C[C@@H](/C=N\NC(=O)Cn1nnc2ccccc21)c1ccccc1. The highest BCUT2D eigenvalue weighted by molar-refractivity contribution is 5.80. The minimum absolute atomic E-state index is 0.0809. The first-order chi connectivity index (χ1) is 11.2. The Kier molecular flexibility index (Phi) is 4.42. The van der Waals surface area contributed by atoms with Crippen molar-refractivity contribution in [3.8, 4) is 0 Å². The second-order valence-electron chi connectivity index (χ2n) is 5.25. The van der Waals surface area contributed by atoms with E-state index < -0.39 is 0 Å². The molecule has 1 atom stereocenters. The first-order valence-corrected chi connectivity index (χ1v) is 7.39. The maximum atomic E-state index is 12.0. The summed E-state index contributed by atoms with van der Waals surface area (Å²) in [5, 5.41) is 12.0. The predicted molar refractivity (Wildman–Crippen MR) is 89.0 cm³/mol. The molecule has 23 heavy (non-hydrogen) atoms. The van der Waals surface area contributed by atoms with Crippen LogP contribution in [0.3, 0.4) is 0 Å². The maximum absolute atomic E-state index is 12.0. The predicted octanol–water partition coefficient (Wildman–Crippen LogP) is 2.34. The minimum atomic E-state index is -0.239. The third kappa shape index (κ3) is 3.60. The number of hydrogen-bond acceptors (Lipinski definition) is 4. The number of amides is 1. The van der Waals surface area contributed by atoms with Gasteiger partial charge >= 0.3 is 0 Å². The molecule has 0 aliphatic carbocycles. The first-order valence-electron chi connectivity index (χ1n) is 7.39. The summed E-state index contributed by atoms with van der Waals surface area (Å²) >= 11 is 0. The Morgan fingerprint density at radius 2 is 1.96 bits per heavy atom. The summed E-state index contributed by atoms with van der Waals surface area (Å²) in [7, 11) is 0. The lowest BCUT2D eigenvalue weighted by Crippen LogP contribution is -2.24. The van der Waals surface area contributed by atoms with E-state index in [0.717, 1.165) is 16.6 Å². The highest BCUT2D eigenvalue weighted by Gasteiger charge is 2.08. The van der Waals surface area contributed by atoms with Crippen LogP contribution in [0.5, 0.6) is 0 Å². The van der Waals surface area contributed by atoms with Crippen molar-refractivity contribution in [1.82, 2.24) is 20.4 Å².